The number of carbonyl (C=O) groups excluding carboxylic acids is 1. The number of phenols is 1. The van der Waals surface area contributed by atoms with Crippen molar-refractivity contribution in [2.45, 2.75) is 19.4 Å². The van der Waals surface area contributed by atoms with Gasteiger partial charge in [-0.2, -0.15) is 0 Å². The Morgan fingerprint density at radius 1 is 1.23 bits per heavy atom. The average Bonchev–Trinajstić information content (AvgIpc) is 2.93. The number of hydrogen-bond acceptors (Lipinski definition) is 4. The molecule has 1 aromatic carbocycles. The van der Waals surface area contributed by atoms with Gasteiger partial charge in [0.1, 0.15) is 5.75 Å². The van der Waals surface area contributed by atoms with Crippen molar-refractivity contribution in [1.82, 2.24) is 19.9 Å². The van der Waals surface area contributed by atoms with E-state index < -0.39 is 0 Å². The number of phenolic OH excluding ortho intramolecular Hbond substituents is 1. The Bertz CT molecular complexity index is 795. The predicted octanol–water partition coefficient (Wildman–Crippen LogP) is 1.85. The van der Waals surface area contributed by atoms with Gasteiger partial charge in [-0.1, -0.05) is 18.2 Å². The van der Waals surface area contributed by atoms with Crippen molar-refractivity contribution in [2.75, 3.05) is 0 Å². The summed E-state index contributed by atoms with van der Waals surface area (Å²) in [5, 5.41) is 20.4. The molecule has 1 unspecified atom stereocenters. The second kappa shape index (κ2) is 5.85. The Kier molecular flexibility index (Phi) is 3.74. The highest BCUT2D eigenvalue weighted by Gasteiger charge is 2.15. The van der Waals surface area contributed by atoms with Crippen molar-refractivity contribution in [1.29, 1.82) is 0 Å². The molecule has 0 radical (unpaired) electrons. The average molecular weight is 296 g/mol. The molecule has 3 aromatic rings. The first-order chi connectivity index (χ1) is 10.6. The number of fused-ring (bicyclic) bond motifs is 1. The van der Waals surface area contributed by atoms with Gasteiger partial charge in [0.15, 0.2) is 11.5 Å². The maximum atomic E-state index is 12.1. The quantitative estimate of drug-likeness (QED) is 0.770. The lowest BCUT2D eigenvalue weighted by Crippen LogP contribution is -2.29. The zero-order valence-corrected chi connectivity index (χ0v) is 12.1. The highest BCUT2D eigenvalue weighted by molar-refractivity contribution is 5.78. The molecule has 0 aliphatic heterocycles. The molecule has 0 aliphatic rings. The summed E-state index contributed by atoms with van der Waals surface area (Å²) in [6.45, 7) is 1.87. The second-order valence-corrected chi connectivity index (χ2v) is 5.12. The molecule has 22 heavy (non-hydrogen) atoms. The molecule has 1 atom stereocenters. The van der Waals surface area contributed by atoms with Crippen molar-refractivity contribution in [3.05, 3.63) is 60.0 Å². The number of aromatic hydroxyl groups is 1. The number of amides is 1. The van der Waals surface area contributed by atoms with E-state index in [4.69, 9.17) is 0 Å². The van der Waals surface area contributed by atoms with Crippen molar-refractivity contribution in [3.8, 4) is 5.75 Å². The van der Waals surface area contributed by atoms with Crippen LogP contribution in [0.3, 0.4) is 0 Å². The first kappa shape index (κ1) is 14.1. The molecule has 0 bridgehead atoms. The van der Waals surface area contributed by atoms with Crippen LogP contribution in [0.25, 0.3) is 5.65 Å². The fourth-order valence-electron chi connectivity index (χ4n) is 2.31. The summed E-state index contributed by atoms with van der Waals surface area (Å²) in [4.78, 5) is 12.1. The lowest BCUT2D eigenvalue weighted by atomic mass is 10.1. The van der Waals surface area contributed by atoms with Gasteiger partial charge in [0, 0.05) is 6.20 Å². The van der Waals surface area contributed by atoms with Crippen LogP contribution in [0.15, 0.2) is 48.7 Å². The zero-order valence-electron chi connectivity index (χ0n) is 12.1. The van der Waals surface area contributed by atoms with Gasteiger partial charge in [-0.15, -0.1) is 10.2 Å². The molecule has 2 aromatic heterocycles. The molecular formula is C16H16N4O2. The SMILES string of the molecule is CC(NC(=O)Cc1ccc(O)cc1)c1nnc2ccccn12. The molecule has 2 heterocycles. The highest BCUT2D eigenvalue weighted by atomic mass is 16.3. The Hall–Kier alpha value is -2.89. The standard InChI is InChI=1S/C16H16N4O2/c1-11(16-19-18-14-4-2-3-9-20(14)16)17-15(22)10-12-5-7-13(21)8-6-12/h2-9,11,21H,10H2,1H3,(H,17,22). The van der Waals surface area contributed by atoms with Gasteiger partial charge < -0.3 is 10.4 Å². The van der Waals surface area contributed by atoms with Gasteiger partial charge in [-0.05, 0) is 36.8 Å². The molecule has 6 nitrogen and oxygen atoms in total. The maximum Gasteiger partial charge on any atom is 0.224 e. The minimum absolute atomic E-state index is 0.106. The Balaban J connectivity index is 1.69. The number of benzene rings is 1. The maximum absolute atomic E-state index is 12.1. The summed E-state index contributed by atoms with van der Waals surface area (Å²) >= 11 is 0. The minimum Gasteiger partial charge on any atom is -0.508 e. The van der Waals surface area contributed by atoms with Crippen LogP contribution in [0.2, 0.25) is 0 Å². The lowest BCUT2D eigenvalue weighted by molar-refractivity contribution is -0.121. The molecule has 3 rings (SSSR count). The van der Waals surface area contributed by atoms with Crippen molar-refractivity contribution < 1.29 is 9.90 Å². The van der Waals surface area contributed by atoms with Crippen LogP contribution in [0.4, 0.5) is 0 Å². The highest BCUT2D eigenvalue weighted by Crippen LogP contribution is 2.13. The van der Waals surface area contributed by atoms with Crippen LogP contribution in [0.5, 0.6) is 5.75 Å². The minimum atomic E-state index is -0.248. The summed E-state index contributed by atoms with van der Waals surface area (Å²) in [5.74, 6) is 0.771. The smallest absolute Gasteiger partial charge is 0.224 e. The van der Waals surface area contributed by atoms with E-state index >= 15 is 0 Å². The lowest BCUT2D eigenvalue weighted by Gasteiger charge is -2.12. The van der Waals surface area contributed by atoms with Gasteiger partial charge >= 0.3 is 0 Å². The molecule has 0 aliphatic carbocycles. The van der Waals surface area contributed by atoms with E-state index in [2.05, 4.69) is 15.5 Å². The van der Waals surface area contributed by atoms with Gasteiger partial charge in [0.25, 0.3) is 0 Å². The summed E-state index contributed by atoms with van der Waals surface area (Å²) in [5.41, 5.74) is 1.59. The van der Waals surface area contributed by atoms with E-state index in [0.717, 1.165) is 11.2 Å². The molecule has 6 heteroatoms. The van der Waals surface area contributed by atoms with E-state index in [0.29, 0.717) is 5.82 Å². The van der Waals surface area contributed by atoms with Crippen LogP contribution >= 0.6 is 0 Å². The van der Waals surface area contributed by atoms with Crippen molar-refractivity contribution >= 4 is 11.6 Å². The summed E-state index contributed by atoms with van der Waals surface area (Å²) < 4.78 is 1.85. The summed E-state index contributed by atoms with van der Waals surface area (Å²) in [6, 6.07) is 12.0. The van der Waals surface area contributed by atoms with Crippen LogP contribution in [0, 0.1) is 0 Å². The van der Waals surface area contributed by atoms with Gasteiger partial charge in [-0.3, -0.25) is 9.20 Å². The number of hydrogen-bond donors (Lipinski definition) is 2. The molecule has 2 N–H and O–H groups in total. The van der Waals surface area contributed by atoms with Crippen molar-refractivity contribution in [2.24, 2.45) is 0 Å². The Morgan fingerprint density at radius 3 is 2.77 bits per heavy atom. The third kappa shape index (κ3) is 2.90. The first-order valence-corrected chi connectivity index (χ1v) is 7.00. The van der Waals surface area contributed by atoms with E-state index in [-0.39, 0.29) is 24.1 Å². The monoisotopic (exact) mass is 296 g/mol. The molecule has 1 amide bonds. The molecule has 0 saturated heterocycles. The predicted molar refractivity (Wildman–Crippen MR) is 81.4 cm³/mol. The van der Waals surface area contributed by atoms with Crippen molar-refractivity contribution in [3.63, 3.8) is 0 Å². The van der Waals surface area contributed by atoms with E-state index in [1.807, 2.05) is 35.7 Å². The third-order valence-electron chi connectivity index (χ3n) is 3.41. The van der Waals surface area contributed by atoms with Crippen LogP contribution in [-0.4, -0.2) is 25.6 Å². The molecule has 112 valence electrons. The van der Waals surface area contributed by atoms with E-state index in [1.165, 1.54) is 0 Å². The zero-order chi connectivity index (χ0) is 15.5. The topological polar surface area (TPSA) is 79.5 Å². The summed E-state index contributed by atoms with van der Waals surface area (Å²) in [6.07, 6.45) is 2.12. The van der Waals surface area contributed by atoms with Gasteiger partial charge in [0.2, 0.25) is 5.91 Å². The fraction of sp³-hybridized carbons (Fsp3) is 0.188. The third-order valence-corrected chi connectivity index (χ3v) is 3.41. The normalized spacial score (nSPS) is 12.2. The van der Waals surface area contributed by atoms with Gasteiger partial charge in [0.05, 0.1) is 12.5 Å². The second-order valence-electron chi connectivity index (χ2n) is 5.12. The fourth-order valence-corrected chi connectivity index (χ4v) is 2.31. The van der Waals surface area contributed by atoms with Crippen LogP contribution in [0.1, 0.15) is 24.4 Å². The Labute approximate surface area is 127 Å². The van der Waals surface area contributed by atoms with E-state index in [9.17, 15) is 9.90 Å². The molecule has 0 spiro atoms. The van der Waals surface area contributed by atoms with Crippen LogP contribution < -0.4 is 5.32 Å². The van der Waals surface area contributed by atoms with Crippen LogP contribution in [-0.2, 0) is 11.2 Å². The number of nitrogens with one attached hydrogen (secondary N) is 1. The number of rotatable bonds is 4. The summed E-state index contributed by atoms with van der Waals surface area (Å²) in [7, 11) is 0. The number of carbonyl (C=O) groups is 1. The Morgan fingerprint density at radius 2 is 2.00 bits per heavy atom. The number of nitrogens with zero attached hydrogens (tertiary/aromatic N) is 3. The first-order valence-electron chi connectivity index (χ1n) is 7.00. The van der Waals surface area contributed by atoms with Gasteiger partial charge in [-0.25, -0.2) is 0 Å². The molecule has 0 fully saturated rings. The molecule has 0 saturated carbocycles. The number of pyridine rings is 1. The molecular weight excluding hydrogens is 280 g/mol. The number of aromatic nitrogens is 3. The van der Waals surface area contributed by atoms with E-state index in [1.54, 1.807) is 24.3 Å². The largest absolute Gasteiger partial charge is 0.508 e.